The minimum absolute atomic E-state index is 0.187. The Bertz CT molecular complexity index is 561. The zero-order chi connectivity index (χ0) is 14.4. The Kier molecular flexibility index (Phi) is 5.43. The van der Waals surface area contributed by atoms with Gasteiger partial charge in [-0.1, -0.05) is 6.92 Å². The molecule has 0 saturated carbocycles. The second kappa shape index (κ2) is 6.83. The van der Waals surface area contributed by atoms with Crippen LogP contribution in [0.4, 0.5) is 11.5 Å². The zero-order valence-corrected chi connectivity index (χ0v) is 11.1. The highest BCUT2D eigenvalue weighted by Crippen LogP contribution is 2.14. The first kappa shape index (κ1) is 15.1. The third-order valence-electron chi connectivity index (χ3n) is 2.71. The molecule has 1 rings (SSSR count). The Morgan fingerprint density at radius 1 is 1.26 bits per heavy atom. The number of hydrogen-bond acceptors (Lipinski definition) is 6. The molecule has 0 bridgehead atoms. The summed E-state index contributed by atoms with van der Waals surface area (Å²) in [5, 5.41) is 2.64. The van der Waals surface area contributed by atoms with Gasteiger partial charge in [0.25, 0.3) is 5.56 Å². The SMILES string of the molecule is CCCn1c(=O)c(N=O)c(N)n(CCCOC)c1=O. The number of rotatable bonds is 7. The summed E-state index contributed by atoms with van der Waals surface area (Å²) in [7, 11) is 1.54. The molecule has 8 heteroatoms. The van der Waals surface area contributed by atoms with Crippen molar-refractivity contribution in [1.82, 2.24) is 9.13 Å². The molecule has 1 heterocycles. The number of nitrogen functional groups attached to an aromatic ring is 1. The monoisotopic (exact) mass is 270 g/mol. The van der Waals surface area contributed by atoms with Crippen LogP contribution in [-0.2, 0) is 17.8 Å². The number of hydrogen-bond donors (Lipinski definition) is 1. The molecule has 2 N–H and O–H groups in total. The van der Waals surface area contributed by atoms with Crippen LogP contribution in [-0.4, -0.2) is 22.9 Å². The second-order valence-electron chi connectivity index (χ2n) is 4.06. The third kappa shape index (κ3) is 3.08. The van der Waals surface area contributed by atoms with Gasteiger partial charge in [-0.05, 0) is 18.0 Å². The highest BCUT2D eigenvalue weighted by molar-refractivity contribution is 5.55. The molecule has 0 amide bonds. The van der Waals surface area contributed by atoms with Crippen LogP contribution in [0.1, 0.15) is 19.8 Å². The predicted molar refractivity (Wildman–Crippen MR) is 71.6 cm³/mol. The maximum atomic E-state index is 12.1. The molecule has 0 aromatic carbocycles. The highest BCUT2D eigenvalue weighted by atomic mass is 16.5. The molecule has 0 unspecified atom stereocenters. The molecular weight excluding hydrogens is 252 g/mol. The summed E-state index contributed by atoms with van der Waals surface area (Å²) in [5.74, 6) is -0.187. The van der Waals surface area contributed by atoms with Gasteiger partial charge in [-0.2, -0.15) is 0 Å². The molecule has 0 saturated heterocycles. The molecule has 0 fully saturated rings. The Hall–Kier alpha value is -1.96. The van der Waals surface area contributed by atoms with E-state index in [4.69, 9.17) is 10.5 Å². The van der Waals surface area contributed by atoms with E-state index in [0.29, 0.717) is 19.4 Å². The van der Waals surface area contributed by atoms with Crippen LogP contribution in [0.25, 0.3) is 0 Å². The summed E-state index contributed by atoms with van der Waals surface area (Å²) in [6, 6.07) is 0. The van der Waals surface area contributed by atoms with E-state index in [1.54, 1.807) is 7.11 Å². The number of aromatic nitrogens is 2. The van der Waals surface area contributed by atoms with Crippen molar-refractivity contribution in [3.05, 3.63) is 25.7 Å². The van der Waals surface area contributed by atoms with Gasteiger partial charge in [0.1, 0.15) is 5.82 Å². The van der Waals surface area contributed by atoms with Gasteiger partial charge in [-0.15, -0.1) is 4.91 Å². The maximum Gasteiger partial charge on any atom is 0.332 e. The summed E-state index contributed by atoms with van der Waals surface area (Å²) in [6.45, 7) is 2.77. The van der Waals surface area contributed by atoms with Gasteiger partial charge in [0.2, 0.25) is 5.69 Å². The molecule has 19 heavy (non-hydrogen) atoms. The standard InChI is InChI=1S/C11H18N4O4/c1-3-5-15-10(16)8(13-18)9(12)14(11(15)17)6-4-7-19-2/h3-7,12H2,1-2H3. The van der Waals surface area contributed by atoms with Crippen molar-refractivity contribution in [2.24, 2.45) is 5.18 Å². The molecule has 0 radical (unpaired) electrons. The van der Waals surface area contributed by atoms with Gasteiger partial charge in [-0.3, -0.25) is 13.9 Å². The van der Waals surface area contributed by atoms with E-state index >= 15 is 0 Å². The lowest BCUT2D eigenvalue weighted by Gasteiger charge is -2.13. The van der Waals surface area contributed by atoms with E-state index in [0.717, 1.165) is 4.57 Å². The summed E-state index contributed by atoms with van der Waals surface area (Å²) in [6.07, 6.45) is 1.14. The molecular formula is C11H18N4O4. The molecule has 106 valence electrons. The van der Waals surface area contributed by atoms with E-state index in [9.17, 15) is 14.5 Å². The highest BCUT2D eigenvalue weighted by Gasteiger charge is 2.17. The summed E-state index contributed by atoms with van der Waals surface area (Å²) < 4.78 is 7.06. The van der Waals surface area contributed by atoms with Crippen LogP contribution in [0.5, 0.6) is 0 Å². The maximum absolute atomic E-state index is 12.1. The van der Waals surface area contributed by atoms with E-state index in [2.05, 4.69) is 5.18 Å². The van der Waals surface area contributed by atoms with Crippen molar-refractivity contribution in [3.63, 3.8) is 0 Å². The average Bonchev–Trinajstić information content (AvgIpc) is 2.39. The summed E-state index contributed by atoms with van der Waals surface area (Å²) in [4.78, 5) is 34.7. The first-order chi connectivity index (χ1) is 9.08. The Labute approximate surface area is 109 Å². The summed E-state index contributed by atoms with van der Waals surface area (Å²) >= 11 is 0. The first-order valence-electron chi connectivity index (χ1n) is 6.03. The second-order valence-corrected chi connectivity index (χ2v) is 4.06. The molecule has 1 aromatic rings. The van der Waals surface area contributed by atoms with Gasteiger partial charge >= 0.3 is 5.69 Å². The minimum Gasteiger partial charge on any atom is -0.385 e. The van der Waals surface area contributed by atoms with E-state index in [1.165, 1.54) is 4.57 Å². The van der Waals surface area contributed by atoms with Crippen molar-refractivity contribution in [2.75, 3.05) is 19.5 Å². The van der Waals surface area contributed by atoms with Gasteiger partial charge in [0.05, 0.1) is 0 Å². The Morgan fingerprint density at radius 2 is 1.95 bits per heavy atom. The molecule has 0 aliphatic rings. The topological polar surface area (TPSA) is 109 Å². The molecule has 0 aliphatic carbocycles. The predicted octanol–water partition coefficient (Wildman–Crippen LogP) is 0.437. The molecule has 1 aromatic heterocycles. The van der Waals surface area contributed by atoms with Gasteiger partial charge < -0.3 is 10.5 Å². The van der Waals surface area contributed by atoms with Crippen LogP contribution in [0.15, 0.2) is 14.8 Å². The minimum atomic E-state index is -0.734. The number of nitrogens with zero attached hydrogens (tertiary/aromatic N) is 3. The molecule has 0 atom stereocenters. The Balaban J connectivity index is 3.36. The van der Waals surface area contributed by atoms with Crippen molar-refractivity contribution in [2.45, 2.75) is 32.9 Å². The molecule has 0 spiro atoms. The van der Waals surface area contributed by atoms with E-state index in [1.807, 2.05) is 6.92 Å². The van der Waals surface area contributed by atoms with Gasteiger partial charge in [0, 0.05) is 26.8 Å². The van der Waals surface area contributed by atoms with Crippen LogP contribution >= 0.6 is 0 Å². The largest absolute Gasteiger partial charge is 0.385 e. The van der Waals surface area contributed by atoms with Gasteiger partial charge in [-0.25, -0.2) is 4.79 Å². The van der Waals surface area contributed by atoms with Crippen molar-refractivity contribution in [3.8, 4) is 0 Å². The number of nitroso groups, excluding NO2 is 1. The number of methoxy groups -OCH3 is 1. The molecule has 0 aliphatic heterocycles. The van der Waals surface area contributed by atoms with Crippen LogP contribution in [0.2, 0.25) is 0 Å². The van der Waals surface area contributed by atoms with Crippen molar-refractivity contribution < 1.29 is 4.74 Å². The fraction of sp³-hybridized carbons (Fsp3) is 0.636. The van der Waals surface area contributed by atoms with E-state index < -0.39 is 16.9 Å². The van der Waals surface area contributed by atoms with Gasteiger partial charge in [0.15, 0.2) is 0 Å². The number of nitrogens with two attached hydrogens (primary N) is 1. The zero-order valence-electron chi connectivity index (χ0n) is 11.1. The smallest absolute Gasteiger partial charge is 0.332 e. The van der Waals surface area contributed by atoms with Crippen molar-refractivity contribution >= 4 is 11.5 Å². The fourth-order valence-electron chi connectivity index (χ4n) is 1.79. The first-order valence-corrected chi connectivity index (χ1v) is 6.03. The Morgan fingerprint density at radius 3 is 2.47 bits per heavy atom. The van der Waals surface area contributed by atoms with Crippen molar-refractivity contribution in [1.29, 1.82) is 0 Å². The fourth-order valence-corrected chi connectivity index (χ4v) is 1.79. The van der Waals surface area contributed by atoms with Crippen LogP contribution in [0, 0.1) is 4.91 Å². The quantitative estimate of drug-likeness (QED) is 0.571. The lowest BCUT2D eigenvalue weighted by atomic mass is 10.4. The molecule has 8 nitrogen and oxygen atoms in total. The number of anilines is 1. The third-order valence-corrected chi connectivity index (χ3v) is 2.71. The lowest BCUT2D eigenvalue weighted by molar-refractivity contribution is 0.190. The summed E-state index contributed by atoms with van der Waals surface area (Å²) in [5.41, 5.74) is 3.99. The lowest BCUT2D eigenvalue weighted by Crippen LogP contribution is -2.41. The average molecular weight is 270 g/mol. The number of ether oxygens (including phenoxy) is 1. The normalized spacial score (nSPS) is 10.6. The van der Waals surface area contributed by atoms with Crippen LogP contribution in [0.3, 0.4) is 0 Å². The van der Waals surface area contributed by atoms with Crippen LogP contribution < -0.4 is 17.0 Å². The van der Waals surface area contributed by atoms with E-state index in [-0.39, 0.29) is 18.9 Å².